The van der Waals surface area contributed by atoms with Crippen LogP contribution in [0, 0.1) is 6.92 Å². The molecule has 0 bridgehead atoms. The van der Waals surface area contributed by atoms with Crippen molar-refractivity contribution in [2.75, 3.05) is 5.73 Å². The second kappa shape index (κ2) is 4.99. The molecule has 5 heteroatoms. The van der Waals surface area contributed by atoms with Crippen molar-refractivity contribution in [3.8, 4) is 0 Å². The van der Waals surface area contributed by atoms with E-state index < -0.39 is 0 Å². The summed E-state index contributed by atoms with van der Waals surface area (Å²) in [5.74, 6) is 0.0641. The van der Waals surface area contributed by atoms with Crippen molar-refractivity contribution < 1.29 is 9.21 Å². The molecule has 0 aliphatic carbocycles. The van der Waals surface area contributed by atoms with Gasteiger partial charge in [-0.05, 0) is 31.2 Å². The molecule has 0 radical (unpaired) electrons. The number of hydrogen-bond acceptors (Lipinski definition) is 3. The number of para-hydroxylation sites is 1. The van der Waals surface area contributed by atoms with E-state index in [0.29, 0.717) is 11.3 Å². The Morgan fingerprint density at radius 3 is 2.70 bits per heavy atom. The first-order valence-electron chi connectivity index (χ1n) is 7.16. The number of furan rings is 1. The minimum atomic E-state index is -0.224. The fourth-order valence-corrected chi connectivity index (χ4v) is 3.36. The molecule has 0 amide bonds. The van der Waals surface area contributed by atoms with E-state index in [-0.39, 0.29) is 11.7 Å². The third-order valence-electron chi connectivity index (χ3n) is 4.08. The second-order valence-corrected chi connectivity index (χ2v) is 6.27. The van der Waals surface area contributed by atoms with Gasteiger partial charge in [0.25, 0.3) is 5.91 Å². The molecule has 0 fully saturated rings. The molecule has 0 spiro atoms. The zero-order chi connectivity index (χ0) is 16.1. The first kappa shape index (κ1) is 14.1. The van der Waals surface area contributed by atoms with Gasteiger partial charge in [0, 0.05) is 20.9 Å². The molecule has 0 saturated heterocycles. The van der Waals surface area contributed by atoms with Crippen LogP contribution in [0.5, 0.6) is 0 Å². The number of aromatic nitrogens is 1. The van der Waals surface area contributed by atoms with E-state index >= 15 is 0 Å². The number of nitrogens with two attached hydrogens (primary N) is 1. The number of rotatable bonds is 1. The second-order valence-electron chi connectivity index (χ2n) is 5.42. The van der Waals surface area contributed by atoms with E-state index in [9.17, 15) is 4.79 Å². The summed E-state index contributed by atoms with van der Waals surface area (Å²) >= 11 is 3.48. The van der Waals surface area contributed by atoms with Gasteiger partial charge in [0.05, 0.1) is 11.2 Å². The lowest BCUT2D eigenvalue weighted by atomic mass is 10.2. The monoisotopic (exact) mass is 368 g/mol. The van der Waals surface area contributed by atoms with E-state index in [4.69, 9.17) is 10.2 Å². The summed E-state index contributed by atoms with van der Waals surface area (Å²) in [6.07, 6.45) is 0. The smallest absolute Gasteiger partial charge is 0.298 e. The highest BCUT2D eigenvalue weighted by Gasteiger charge is 2.21. The summed E-state index contributed by atoms with van der Waals surface area (Å²) in [5, 5.41) is 1.74. The minimum absolute atomic E-state index is 0.224. The summed E-state index contributed by atoms with van der Waals surface area (Å²) in [6.45, 7) is 1.84. The Morgan fingerprint density at radius 2 is 1.91 bits per heavy atom. The van der Waals surface area contributed by atoms with Crippen molar-refractivity contribution in [1.82, 2.24) is 4.57 Å². The molecule has 4 aromatic rings. The molecular formula is C18H13BrN2O2. The third kappa shape index (κ3) is 2.00. The summed E-state index contributed by atoms with van der Waals surface area (Å²) in [5.41, 5.74) is 8.93. The van der Waals surface area contributed by atoms with Crippen LogP contribution in [-0.2, 0) is 0 Å². The van der Waals surface area contributed by atoms with Crippen molar-refractivity contribution in [3.63, 3.8) is 0 Å². The topological polar surface area (TPSA) is 61.2 Å². The van der Waals surface area contributed by atoms with Gasteiger partial charge in [0.2, 0.25) is 0 Å². The van der Waals surface area contributed by atoms with Crippen LogP contribution in [0.2, 0.25) is 0 Å². The number of nitrogen functional groups attached to an aromatic ring is 1. The molecule has 2 heterocycles. The molecule has 4 rings (SSSR count). The van der Waals surface area contributed by atoms with Crippen LogP contribution < -0.4 is 5.73 Å². The van der Waals surface area contributed by atoms with Crippen LogP contribution >= 0.6 is 15.9 Å². The molecule has 0 aliphatic rings. The number of fused-ring (bicyclic) bond motifs is 2. The van der Waals surface area contributed by atoms with Gasteiger partial charge in [0.15, 0.2) is 5.76 Å². The Hall–Kier alpha value is -2.53. The average molecular weight is 369 g/mol. The minimum Gasteiger partial charge on any atom is -0.451 e. The zero-order valence-electron chi connectivity index (χ0n) is 12.3. The average Bonchev–Trinajstić information content (AvgIpc) is 3.09. The molecule has 4 nitrogen and oxygen atoms in total. The van der Waals surface area contributed by atoms with E-state index in [1.165, 1.54) is 0 Å². The van der Waals surface area contributed by atoms with Gasteiger partial charge >= 0.3 is 0 Å². The maximum Gasteiger partial charge on any atom is 0.298 e. The van der Waals surface area contributed by atoms with Gasteiger partial charge in [-0.25, -0.2) is 0 Å². The molecular weight excluding hydrogens is 356 g/mol. The lowest BCUT2D eigenvalue weighted by Gasteiger charge is -2.04. The number of halogens is 1. The van der Waals surface area contributed by atoms with Gasteiger partial charge in [-0.1, -0.05) is 40.2 Å². The lowest BCUT2D eigenvalue weighted by Crippen LogP contribution is -2.12. The van der Waals surface area contributed by atoms with Crippen LogP contribution in [0.25, 0.3) is 21.9 Å². The standard InChI is InChI=1S/C18H13BrN2O2/c1-10-17(20)11-5-2-3-7-14(11)21(10)18(22)16-9-12-13(19)6-4-8-15(12)23-16/h2-9H,20H2,1H3. The molecule has 0 aliphatic heterocycles. The van der Waals surface area contributed by atoms with Crippen molar-refractivity contribution >= 4 is 49.4 Å². The molecule has 2 aromatic heterocycles. The Bertz CT molecular complexity index is 1080. The van der Waals surface area contributed by atoms with E-state index in [2.05, 4.69) is 15.9 Å². The highest BCUT2D eigenvalue weighted by atomic mass is 79.9. The Morgan fingerprint density at radius 1 is 1.13 bits per heavy atom. The molecule has 23 heavy (non-hydrogen) atoms. The predicted octanol–water partition coefficient (Wildman–Crippen LogP) is 4.73. The maximum absolute atomic E-state index is 13.0. The highest BCUT2D eigenvalue weighted by molar-refractivity contribution is 9.10. The van der Waals surface area contributed by atoms with Crippen LogP contribution in [0.4, 0.5) is 5.69 Å². The van der Waals surface area contributed by atoms with Crippen LogP contribution in [0.1, 0.15) is 16.2 Å². The number of hydrogen-bond donors (Lipinski definition) is 1. The lowest BCUT2D eigenvalue weighted by molar-refractivity contribution is 0.0938. The molecule has 0 atom stereocenters. The highest BCUT2D eigenvalue weighted by Crippen LogP contribution is 2.31. The Balaban J connectivity index is 1.95. The maximum atomic E-state index is 13.0. The quantitative estimate of drug-likeness (QED) is 0.528. The van der Waals surface area contributed by atoms with Crippen molar-refractivity contribution in [1.29, 1.82) is 0 Å². The van der Waals surface area contributed by atoms with E-state index in [0.717, 1.165) is 26.5 Å². The van der Waals surface area contributed by atoms with Gasteiger partial charge < -0.3 is 10.2 Å². The first-order chi connectivity index (χ1) is 11.1. The summed E-state index contributed by atoms with van der Waals surface area (Å²) in [6, 6.07) is 15.0. The third-order valence-corrected chi connectivity index (χ3v) is 4.77. The van der Waals surface area contributed by atoms with E-state index in [1.807, 2.05) is 49.4 Å². The molecule has 2 N–H and O–H groups in total. The van der Waals surface area contributed by atoms with Gasteiger partial charge in [0.1, 0.15) is 5.58 Å². The summed E-state index contributed by atoms with van der Waals surface area (Å²) < 4.78 is 8.24. The number of anilines is 1. The van der Waals surface area contributed by atoms with Crippen molar-refractivity contribution in [3.05, 3.63) is 64.5 Å². The number of carbonyl (C=O) groups is 1. The molecule has 114 valence electrons. The Kier molecular flexibility index (Phi) is 3.06. The van der Waals surface area contributed by atoms with Gasteiger partial charge in [-0.3, -0.25) is 9.36 Å². The van der Waals surface area contributed by atoms with Crippen LogP contribution in [-0.4, -0.2) is 10.5 Å². The Labute approximate surface area is 140 Å². The fraction of sp³-hybridized carbons (Fsp3) is 0.0556. The van der Waals surface area contributed by atoms with Crippen LogP contribution in [0.15, 0.2) is 57.4 Å². The first-order valence-corrected chi connectivity index (χ1v) is 7.95. The normalized spacial score (nSPS) is 11.4. The zero-order valence-corrected chi connectivity index (χ0v) is 13.9. The van der Waals surface area contributed by atoms with Crippen LogP contribution in [0.3, 0.4) is 0 Å². The van der Waals surface area contributed by atoms with Crippen molar-refractivity contribution in [2.24, 2.45) is 0 Å². The largest absolute Gasteiger partial charge is 0.451 e. The number of nitrogens with zero attached hydrogens (tertiary/aromatic N) is 1. The fourth-order valence-electron chi connectivity index (χ4n) is 2.90. The molecule has 2 aromatic carbocycles. The van der Waals surface area contributed by atoms with Gasteiger partial charge in [-0.15, -0.1) is 0 Å². The summed E-state index contributed by atoms with van der Waals surface area (Å²) in [4.78, 5) is 13.0. The predicted molar refractivity (Wildman–Crippen MR) is 94.7 cm³/mol. The number of benzene rings is 2. The number of carbonyl (C=O) groups excluding carboxylic acids is 1. The SMILES string of the molecule is Cc1c(N)c2ccccc2n1C(=O)c1cc2c(Br)cccc2o1. The summed E-state index contributed by atoms with van der Waals surface area (Å²) in [7, 11) is 0. The van der Waals surface area contributed by atoms with Gasteiger partial charge in [-0.2, -0.15) is 0 Å². The van der Waals surface area contributed by atoms with Crippen molar-refractivity contribution in [2.45, 2.75) is 6.92 Å². The van der Waals surface area contributed by atoms with E-state index in [1.54, 1.807) is 10.6 Å². The molecule has 0 saturated carbocycles. The molecule has 0 unspecified atom stereocenters.